The van der Waals surface area contributed by atoms with Gasteiger partial charge in [-0.25, -0.2) is 18.2 Å². The van der Waals surface area contributed by atoms with Gasteiger partial charge in [0.05, 0.1) is 11.9 Å². The van der Waals surface area contributed by atoms with Crippen LogP contribution in [0.2, 0.25) is 0 Å². The maximum absolute atomic E-state index is 11.6. The van der Waals surface area contributed by atoms with E-state index in [1.165, 1.54) is 24.7 Å². The van der Waals surface area contributed by atoms with Gasteiger partial charge in [-0.05, 0) is 20.8 Å². The number of hydrogen-bond acceptors (Lipinski definition) is 7. The van der Waals surface area contributed by atoms with E-state index in [1.807, 2.05) is 0 Å². The number of nitrogens with one attached hydrogen (secondary N) is 1. The van der Waals surface area contributed by atoms with Gasteiger partial charge in [0.25, 0.3) is 0 Å². The number of carbonyl (C=O) groups is 1. The lowest BCUT2D eigenvalue weighted by atomic mass is 10.2. The number of rotatable bonds is 5. The standard InChI is InChI=1S/C11H18N2O4S2/c1-7-8(9(14)17-4)13-10(18-7)12-6-11(2,3)19(5,15)16/h6H2,1-5H3,(H,12,13). The molecule has 1 aromatic rings. The highest BCUT2D eigenvalue weighted by Gasteiger charge is 2.30. The van der Waals surface area contributed by atoms with Crippen molar-refractivity contribution >= 4 is 32.3 Å². The predicted molar refractivity (Wildman–Crippen MR) is 75.6 cm³/mol. The Hall–Kier alpha value is -1.15. The first-order valence-electron chi connectivity index (χ1n) is 5.57. The quantitative estimate of drug-likeness (QED) is 0.829. The van der Waals surface area contributed by atoms with Crippen LogP contribution < -0.4 is 5.32 Å². The fraction of sp³-hybridized carbons (Fsp3) is 0.636. The molecule has 6 nitrogen and oxygen atoms in total. The van der Waals surface area contributed by atoms with Crippen LogP contribution in [0, 0.1) is 6.92 Å². The largest absolute Gasteiger partial charge is 0.464 e. The summed E-state index contributed by atoms with van der Waals surface area (Å²) in [6.07, 6.45) is 1.20. The second-order valence-corrected chi connectivity index (χ2v) is 8.65. The van der Waals surface area contributed by atoms with Gasteiger partial charge in [0, 0.05) is 17.7 Å². The summed E-state index contributed by atoms with van der Waals surface area (Å²) in [5.41, 5.74) is 0.257. The molecule has 1 heterocycles. The fourth-order valence-corrected chi connectivity index (χ4v) is 2.31. The number of ether oxygens (including phenoxy) is 1. The third-order valence-electron chi connectivity index (χ3n) is 2.84. The molecule has 0 aromatic carbocycles. The van der Waals surface area contributed by atoms with Gasteiger partial charge in [-0.15, -0.1) is 11.3 Å². The third kappa shape index (κ3) is 3.66. The Balaban J connectivity index is 2.83. The lowest BCUT2D eigenvalue weighted by Gasteiger charge is -2.22. The molecule has 0 saturated heterocycles. The zero-order chi connectivity index (χ0) is 14.8. The van der Waals surface area contributed by atoms with E-state index in [-0.39, 0.29) is 12.2 Å². The van der Waals surface area contributed by atoms with Crippen LogP contribution in [0.1, 0.15) is 29.2 Å². The van der Waals surface area contributed by atoms with E-state index in [2.05, 4.69) is 15.0 Å². The first-order chi connectivity index (χ1) is 8.58. The number of anilines is 1. The van der Waals surface area contributed by atoms with E-state index in [1.54, 1.807) is 20.8 Å². The number of thiazole rings is 1. The summed E-state index contributed by atoms with van der Waals surface area (Å²) in [7, 11) is -1.88. The molecule has 0 bridgehead atoms. The van der Waals surface area contributed by atoms with Crippen LogP contribution in [0.3, 0.4) is 0 Å². The summed E-state index contributed by atoms with van der Waals surface area (Å²) in [6, 6.07) is 0. The number of aryl methyl sites for hydroxylation is 1. The normalized spacial score (nSPS) is 12.3. The van der Waals surface area contributed by atoms with Gasteiger partial charge in [0.1, 0.15) is 0 Å². The van der Waals surface area contributed by atoms with E-state index in [0.29, 0.717) is 5.13 Å². The lowest BCUT2D eigenvalue weighted by molar-refractivity contribution is 0.0594. The molecule has 0 aliphatic carbocycles. The Morgan fingerprint density at radius 1 is 1.47 bits per heavy atom. The van der Waals surface area contributed by atoms with Crippen LogP contribution >= 0.6 is 11.3 Å². The van der Waals surface area contributed by atoms with Gasteiger partial charge in [-0.2, -0.15) is 0 Å². The highest BCUT2D eigenvalue weighted by Crippen LogP contribution is 2.24. The van der Waals surface area contributed by atoms with Crippen molar-refractivity contribution < 1.29 is 17.9 Å². The van der Waals surface area contributed by atoms with Crippen molar-refractivity contribution in [3.8, 4) is 0 Å². The van der Waals surface area contributed by atoms with E-state index >= 15 is 0 Å². The predicted octanol–water partition coefficient (Wildman–Crippen LogP) is 1.47. The maximum Gasteiger partial charge on any atom is 0.357 e. The van der Waals surface area contributed by atoms with Crippen molar-refractivity contribution in [2.45, 2.75) is 25.5 Å². The molecule has 108 valence electrons. The van der Waals surface area contributed by atoms with Crippen molar-refractivity contribution in [3.63, 3.8) is 0 Å². The van der Waals surface area contributed by atoms with Gasteiger partial charge in [-0.1, -0.05) is 0 Å². The Morgan fingerprint density at radius 3 is 2.53 bits per heavy atom. The number of esters is 1. The summed E-state index contributed by atoms with van der Waals surface area (Å²) in [5, 5.41) is 3.46. The zero-order valence-electron chi connectivity index (χ0n) is 11.6. The van der Waals surface area contributed by atoms with E-state index in [9.17, 15) is 13.2 Å². The van der Waals surface area contributed by atoms with Crippen LogP contribution in [0.4, 0.5) is 5.13 Å². The molecule has 0 aliphatic rings. The fourth-order valence-electron chi connectivity index (χ4n) is 1.18. The average molecular weight is 306 g/mol. The smallest absolute Gasteiger partial charge is 0.357 e. The van der Waals surface area contributed by atoms with Crippen molar-refractivity contribution in [1.82, 2.24) is 4.98 Å². The maximum atomic E-state index is 11.6. The number of carbonyl (C=O) groups excluding carboxylic acids is 1. The third-order valence-corrected chi connectivity index (χ3v) is 5.92. The van der Waals surface area contributed by atoms with Gasteiger partial charge >= 0.3 is 5.97 Å². The average Bonchev–Trinajstić information content (AvgIpc) is 2.65. The molecule has 1 aromatic heterocycles. The number of methoxy groups -OCH3 is 1. The SMILES string of the molecule is COC(=O)c1nc(NCC(C)(C)S(C)(=O)=O)sc1C. The molecular formula is C11H18N2O4S2. The van der Waals surface area contributed by atoms with E-state index in [4.69, 9.17) is 0 Å². The minimum absolute atomic E-state index is 0.222. The summed E-state index contributed by atoms with van der Waals surface area (Å²) in [5.74, 6) is -0.496. The van der Waals surface area contributed by atoms with E-state index in [0.717, 1.165) is 4.88 Å². The lowest BCUT2D eigenvalue weighted by Crippen LogP contribution is -2.38. The molecule has 0 saturated carbocycles. The van der Waals surface area contributed by atoms with Crippen molar-refractivity contribution in [3.05, 3.63) is 10.6 Å². The summed E-state index contributed by atoms with van der Waals surface area (Å²) in [4.78, 5) is 16.2. The molecule has 1 rings (SSSR count). The van der Waals surface area contributed by atoms with Gasteiger partial charge < -0.3 is 10.1 Å². The molecule has 0 radical (unpaired) electrons. The second kappa shape index (κ2) is 5.46. The molecule has 0 spiro atoms. The first-order valence-corrected chi connectivity index (χ1v) is 8.28. The van der Waals surface area contributed by atoms with Crippen LogP contribution in [0.25, 0.3) is 0 Å². The molecule has 19 heavy (non-hydrogen) atoms. The number of hydrogen-bond donors (Lipinski definition) is 1. The van der Waals surface area contributed by atoms with Gasteiger partial charge in [-0.3, -0.25) is 0 Å². The van der Waals surface area contributed by atoms with Crippen LogP contribution in [-0.4, -0.2) is 44.0 Å². The molecular weight excluding hydrogens is 288 g/mol. The highest BCUT2D eigenvalue weighted by atomic mass is 32.2. The van der Waals surface area contributed by atoms with Crippen molar-refractivity contribution in [1.29, 1.82) is 0 Å². The minimum atomic E-state index is -3.17. The zero-order valence-corrected chi connectivity index (χ0v) is 13.2. The van der Waals surface area contributed by atoms with E-state index < -0.39 is 20.6 Å². The van der Waals surface area contributed by atoms with Crippen LogP contribution in [-0.2, 0) is 14.6 Å². The Morgan fingerprint density at radius 2 is 2.05 bits per heavy atom. The molecule has 0 aliphatic heterocycles. The first kappa shape index (κ1) is 15.9. The van der Waals surface area contributed by atoms with Gasteiger partial charge in [0.2, 0.25) is 0 Å². The Bertz CT molecular complexity index is 576. The minimum Gasteiger partial charge on any atom is -0.464 e. The molecule has 1 N–H and O–H groups in total. The van der Waals surface area contributed by atoms with Crippen LogP contribution in [0.15, 0.2) is 0 Å². The molecule has 0 atom stereocenters. The second-order valence-electron chi connectivity index (χ2n) is 4.80. The summed E-state index contributed by atoms with van der Waals surface area (Å²) in [6.45, 7) is 5.25. The number of aromatic nitrogens is 1. The monoisotopic (exact) mass is 306 g/mol. The topological polar surface area (TPSA) is 85.4 Å². The molecule has 0 amide bonds. The van der Waals surface area contributed by atoms with Crippen molar-refractivity contribution in [2.75, 3.05) is 25.2 Å². The molecule has 8 heteroatoms. The highest BCUT2D eigenvalue weighted by molar-refractivity contribution is 7.92. The number of sulfone groups is 1. The molecule has 0 unspecified atom stereocenters. The Labute approximate surface area is 117 Å². The van der Waals surface area contributed by atoms with Crippen molar-refractivity contribution in [2.24, 2.45) is 0 Å². The Kier molecular flexibility index (Phi) is 4.57. The van der Waals surface area contributed by atoms with Gasteiger partial charge in [0.15, 0.2) is 20.7 Å². The number of nitrogens with zero attached hydrogens (tertiary/aromatic N) is 1. The summed E-state index contributed by atoms with van der Waals surface area (Å²) < 4.78 is 26.8. The summed E-state index contributed by atoms with van der Waals surface area (Å²) >= 11 is 1.29. The van der Waals surface area contributed by atoms with Crippen LogP contribution in [0.5, 0.6) is 0 Å². The molecule has 0 fully saturated rings.